The van der Waals surface area contributed by atoms with Crippen LogP contribution in [-0.2, 0) is 9.59 Å². The normalized spacial score (nSPS) is 32.9. The highest BCUT2D eigenvalue weighted by Gasteiger charge is 2.49. The van der Waals surface area contributed by atoms with Gasteiger partial charge in [0.15, 0.2) is 0 Å². The number of rotatable bonds is 4. The van der Waals surface area contributed by atoms with Crippen LogP contribution < -0.4 is 5.32 Å². The Morgan fingerprint density at radius 2 is 2.12 bits per heavy atom. The Kier molecular flexibility index (Phi) is 3.40. The van der Waals surface area contributed by atoms with E-state index in [9.17, 15) is 9.59 Å². The predicted molar refractivity (Wildman–Crippen MR) is 65.3 cm³/mol. The molecule has 2 rings (SSSR count). The van der Waals surface area contributed by atoms with Crippen LogP contribution in [0.25, 0.3) is 0 Å². The van der Waals surface area contributed by atoms with Crippen molar-refractivity contribution in [3.05, 3.63) is 0 Å². The Balaban J connectivity index is 2.11. The van der Waals surface area contributed by atoms with E-state index in [0.717, 1.165) is 12.8 Å². The van der Waals surface area contributed by atoms with Crippen LogP contribution in [0.1, 0.15) is 40.0 Å². The summed E-state index contributed by atoms with van der Waals surface area (Å²) in [6, 6.07) is 0.0593. The van der Waals surface area contributed by atoms with Crippen molar-refractivity contribution in [3.8, 4) is 0 Å². The SMILES string of the molecule is CCCC1CC1N1C(=O)CNC(=O)C1C(C)C. The fourth-order valence-corrected chi connectivity index (χ4v) is 2.91. The van der Waals surface area contributed by atoms with Gasteiger partial charge in [0.05, 0.1) is 6.54 Å². The quantitative estimate of drug-likeness (QED) is 0.799. The predicted octanol–water partition coefficient (Wildman–Crippen LogP) is 1.16. The minimum absolute atomic E-state index is 0.0155. The van der Waals surface area contributed by atoms with Crippen molar-refractivity contribution in [3.63, 3.8) is 0 Å². The maximum absolute atomic E-state index is 12.0. The Morgan fingerprint density at radius 1 is 1.41 bits per heavy atom. The first kappa shape index (κ1) is 12.4. The van der Waals surface area contributed by atoms with Gasteiger partial charge in [-0.3, -0.25) is 9.59 Å². The van der Waals surface area contributed by atoms with E-state index in [4.69, 9.17) is 0 Å². The molecule has 0 aromatic rings. The van der Waals surface area contributed by atoms with E-state index in [2.05, 4.69) is 12.2 Å². The maximum atomic E-state index is 12.0. The van der Waals surface area contributed by atoms with Gasteiger partial charge in [0.25, 0.3) is 0 Å². The Labute approximate surface area is 103 Å². The van der Waals surface area contributed by atoms with Gasteiger partial charge in [-0.1, -0.05) is 27.2 Å². The summed E-state index contributed by atoms with van der Waals surface area (Å²) in [5.41, 5.74) is 0. The molecule has 0 bridgehead atoms. The molecule has 1 saturated heterocycles. The van der Waals surface area contributed by atoms with Crippen molar-refractivity contribution in [1.29, 1.82) is 0 Å². The van der Waals surface area contributed by atoms with E-state index in [1.54, 1.807) is 0 Å². The molecule has 96 valence electrons. The van der Waals surface area contributed by atoms with Gasteiger partial charge in [-0.15, -0.1) is 0 Å². The highest BCUT2D eigenvalue weighted by molar-refractivity contribution is 5.95. The van der Waals surface area contributed by atoms with Gasteiger partial charge in [-0.05, 0) is 24.7 Å². The van der Waals surface area contributed by atoms with Gasteiger partial charge in [0.1, 0.15) is 6.04 Å². The van der Waals surface area contributed by atoms with Crippen molar-refractivity contribution < 1.29 is 9.59 Å². The molecule has 3 unspecified atom stereocenters. The Hall–Kier alpha value is -1.06. The average Bonchev–Trinajstić information content (AvgIpc) is 3.00. The van der Waals surface area contributed by atoms with E-state index in [1.165, 1.54) is 6.42 Å². The first-order chi connectivity index (χ1) is 8.06. The third-order valence-electron chi connectivity index (χ3n) is 3.80. The van der Waals surface area contributed by atoms with Gasteiger partial charge in [-0.2, -0.15) is 0 Å². The molecule has 0 aromatic heterocycles. The van der Waals surface area contributed by atoms with E-state index >= 15 is 0 Å². The Morgan fingerprint density at radius 3 is 2.71 bits per heavy atom. The second-order valence-electron chi connectivity index (χ2n) is 5.56. The zero-order valence-corrected chi connectivity index (χ0v) is 10.9. The summed E-state index contributed by atoms with van der Waals surface area (Å²) in [6.45, 7) is 6.36. The number of piperazine rings is 1. The summed E-state index contributed by atoms with van der Waals surface area (Å²) >= 11 is 0. The molecule has 1 aliphatic carbocycles. The van der Waals surface area contributed by atoms with Crippen LogP contribution in [0.3, 0.4) is 0 Å². The summed E-state index contributed by atoms with van der Waals surface area (Å²) in [6.07, 6.45) is 3.40. The lowest BCUT2D eigenvalue weighted by Gasteiger charge is -2.37. The minimum atomic E-state index is -0.261. The van der Waals surface area contributed by atoms with Crippen LogP contribution in [0.15, 0.2) is 0 Å². The van der Waals surface area contributed by atoms with Crippen molar-refractivity contribution in [2.45, 2.75) is 52.1 Å². The van der Waals surface area contributed by atoms with E-state index in [0.29, 0.717) is 12.0 Å². The van der Waals surface area contributed by atoms with Crippen molar-refractivity contribution in [2.75, 3.05) is 6.54 Å². The molecule has 0 aromatic carbocycles. The van der Waals surface area contributed by atoms with Gasteiger partial charge in [0, 0.05) is 6.04 Å². The second kappa shape index (κ2) is 4.67. The van der Waals surface area contributed by atoms with E-state index in [1.807, 2.05) is 18.7 Å². The fraction of sp³-hybridized carbons (Fsp3) is 0.846. The monoisotopic (exact) mass is 238 g/mol. The molecule has 2 amide bonds. The standard InChI is InChI=1S/C13H22N2O2/c1-4-5-9-6-10(9)15-11(16)7-14-13(17)12(15)8(2)3/h8-10,12H,4-7H2,1-3H3,(H,14,17). The molecule has 1 saturated carbocycles. The lowest BCUT2D eigenvalue weighted by molar-refractivity contribution is -0.148. The fourth-order valence-electron chi connectivity index (χ4n) is 2.91. The minimum Gasteiger partial charge on any atom is -0.345 e. The lowest BCUT2D eigenvalue weighted by atomic mass is 9.99. The summed E-state index contributed by atoms with van der Waals surface area (Å²) in [5.74, 6) is 0.909. The van der Waals surface area contributed by atoms with E-state index < -0.39 is 0 Å². The highest BCUT2D eigenvalue weighted by Crippen LogP contribution is 2.41. The molecule has 1 heterocycles. The van der Waals surface area contributed by atoms with Crippen molar-refractivity contribution >= 4 is 11.8 Å². The van der Waals surface area contributed by atoms with Crippen LogP contribution in [0.5, 0.6) is 0 Å². The van der Waals surface area contributed by atoms with Gasteiger partial charge < -0.3 is 10.2 Å². The number of carbonyl (C=O) groups excluding carboxylic acids is 2. The molecule has 0 radical (unpaired) electrons. The number of nitrogens with zero attached hydrogens (tertiary/aromatic N) is 1. The van der Waals surface area contributed by atoms with Crippen LogP contribution in [0.4, 0.5) is 0 Å². The molecule has 2 fully saturated rings. The summed E-state index contributed by atoms with van der Waals surface area (Å²) in [7, 11) is 0. The molecule has 4 heteroatoms. The molecule has 1 N–H and O–H groups in total. The highest BCUT2D eigenvalue weighted by atomic mass is 16.2. The van der Waals surface area contributed by atoms with Crippen LogP contribution in [-0.4, -0.2) is 35.3 Å². The smallest absolute Gasteiger partial charge is 0.243 e. The largest absolute Gasteiger partial charge is 0.345 e. The topological polar surface area (TPSA) is 49.4 Å². The first-order valence-electron chi connectivity index (χ1n) is 6.65. The molecule has 1 aliphatic heterocycles. The van der Waals surface area contributed by atoms with Crippen molar-refractivity contribution in [2.24, 2.45) is 11.8 Å². The molecule has 0 spiro atoms. The van der Waals surface area contributed by atoms with Gasteiger partial charge in [-0.25, -0.2) is 0 Å². The number of nitrogens with one attached hydrogen (secondary N) is 1. The molecule has 4 nitrogen and oxygen atoms in total. The lowest BCUT2D eigenvalue weighted by Crippen LogP contribution is -2.61. The molecule has 3 atom stereocenters. The third kappa shape index (κ3) is 2.31. The second-order valence-corrected chi connectivity index (χ2v) is 5.56. The number of hydrogen-bond acceptors (Lipinski definition) is 2. The zero-order valence-electron chi connectivity index (χ0n) is 10.9. The van der Waals surface area contributed by atoms with Crippen molar-refractivity contribution in [1.82, 2.24) is 10.2 Å². The number of amides is 2. The maximum Gasteiger partial charge on any atom is 0.243 e. The number of hydrogen-bond donors (Lipinski definition) is 1. The Bertz CT molecular complexity index is 327. The first-order valence-corrected chi connectivity index (χ1v) is 6.65. The molecule has 17 heavy (non-hydrogen) atoms. The molecule has 2 aliphatic rings. The summed E-state index contributed by atoms with van der Waals surface area (Å²) < 4.78 is 0. The van der Waals surface area contributed by atoms with Gasteiger partial charge in [0.2, 0.25) is 11.8 Å². The summed E-state index contributed by atoms with van der Waals surface area (Å²) in [4.78, 5) is 25.7. The van der Waals surface area contributed by atoms with Gasteiger partial charge >= 0.3 is 0 Å². The van der Waals surface area contributed by atoms with Crippen LogP contribution in [0, 0.1) is 11.8 Å². The molecular weight excluding hydrogens is 216 g/mol. The third-order valence-corrected chi connectivity index (χ3v) is 3.80. The number of carbonyl (C=O) groups is 2. The molecular formula is C13H22N2O2. The zero-order chi connectivity index (χ0) is 12.6. The average molecular weight is 238 g/mol. The van der Waals surface area contributed by atoms with Crippen LogP contribution >= 0.6 is 0 Å². The summed E-state index contributed by atoms with van der Waals surface area (Å²) in [5, 5.41) is 2.69. The van der Waals surface area contributed by atoms with Crippen LogP contribution in [0.2, 0.25) is 0 Å². The van der Waals surface area contributed by atoms with E-state index in [-0.39, 0.29) is 30.3 Å².